The van der Waals surface area contributed by atoms with Crippen LogP contribution in [0.1, 0.15) is 0 Å². The molecule has 0 aliphatic rings. The molecule has 0 spiro atoms. The summed E-state index contributed by atoms with van der Waals surface area (Å²) in [7, 11) is -3.86. The number of sulfonamides is 1. The summed E-state index contributed by atoms with van der Waals surface area (Å²) in [5.41, 5.74) is 0.685. The van der Waals surface area contributed by atoms with Gasteiger partial charge in [0.25, 0.3) is 10.0 Å². The standard InChI is InChI=1S/C13H8Cl2N2O4S/c14-7-2-1-3-8(4-7)22(19,20)17-10-6-11-12(5-9(10)15)21-13(18)16-11/h1-6,17H,(H,16,18). The van der Waals surface area contributed by atoms with Gasteiger partial charge >= 0.3 is 5.76 Å². The lowest BCUT2D eigenvalue weighted by molar-refractivity contribution is 0.555. The van der Waals surface area contributed by atoms with Crippen molar-refractivity contribution in [2.24, 2.45) is 0 Å². The fourth-order valence-electron chi connectivity index (χ4n) is 1.89. The summed E-state index contributed by atoms with van der Waals surface area (Å²) in [5, 5.41) is 0.393. The van der Waals surface area contributed by atoms with Gasteiger partial charge in [0.1, 0.15) is 0 Å². The van der Waals surface area contributed by atoms with E-state index in [2.05, 4.69) is 9.71 Å². The number of aromatic nitrogens is 1. The van der Waals surface area contributed by atoms with Gasteiger partial charge in [0.2, 0.25) is 0 Å². The summed E-state index contributed by atoms with van der Waals surface area (Å²) >= 11 is 11.8. The largest absolute Gasteiger partial charge is 0.417 e. The smallest absolute Gasteiger partial charge is 0.408 e. The average molecular weight is 359 g/mol. The van der Waals surface area contributed by atoms with E-state index >= 15 is 0 Å². The van der Waals surface area contributed by atoms with E-state index in [0.717, 1.165) is 0 Å². The first-order chi connectivity index (χ1) is 10.3. The van der Waals surface area contributed by atoms with Crippen molar-refractivity contribution in [1.82, 2.24) is 4.98 Å². The third-order valence-corrected chi connectivity index (χ3v) is 4.77. The minimum Gasteiger partial charge on any atom is -0.408 e. The van der Waals surface area contributed by atoms with Gasteiger partial charge in [-0.05, 0) is 24.3 Å². The molecule has 3 aromatic rings. The topological polar surface area (TPSA) is 92.2 Å². The zero-order chi connectivity index (χ0) is 15.9. The maximum atomic E-state index is 12.3. The predicted molar refractivity (Wildman–Crippen MR) is 84.1 cm³/mol. The van der Waals surface area contributed by atoms with Crippen LogP contribution in [0, 0.1) is 0 Å². The summed E-state index contributed by atoms with van der Waals surface area (Å²) in [6.45, 7) is 0. The first kappa shape index (κ1) is 15.0. The minimum absolute atomic E-state index is 0.00292. The van der Waals surface area contributed by atoms with Gasteiger partial charge in [-0.15, -0.1) is 0 Å². The number of H-pyrrole nitrogens is 1. The number of hydrogen-bond donors (Lipinski definition) is 2. The Hall–Kier alpha value is -1.96. The number of halogens is 2. The van der Waals surface area contributed by atoms with E-state index in [4.69, 9.17) is 27.6 Å². The van der Waals surface area contributed by atoms with Crippen LogP contribution in [0.25, 0.3) is 11.1 Å². The summed E-state index contributed by atoms with van der Waals surface area (Å²) in [5.74, 6) is -0.652. The molecule has 0 unspecified atom stereocenters. The molecule has 0 saturated heterocycles. The lowest BCUT2D eigenvalue weighted by atomic mass is 10.3. The second-order valence-corrected chi connectivity index (χ2v) is 6.93. The lowest BCUT2D eigenvalue weighted by Gasteiger charge is -2.09. The Labute approximate surface area is 134 Å². The van der Waals surface area contributed by atoms with E-state index in [1.807, 2.05) is 0 Å². The van der Waals surface area contributed by atoms with Crippen molar-refractivity contribution in [2.45, 2.75) is 4.90 Å². The van der Waals surface area contributed by atoms with Gasteiger partial charge in [-0.25, -0.2) is 13.2 Å². The quantitative estimate of drug-likeness (QED) is 0.751. The van der Waals surface area contributed by atoms with E-state index in [0.29, 0.717) is 10.5 Å². The Morgan fingerprint density at radius 3 is 2.64 bits per heavy atom. The number of benzene rings is 2. The van der Waals surface area contributed by atoms with Crippen LogP contribution < -0.4 is 10.5 Å². The van der Waals surface area contributed by atoms with Crippen molar-refractivity contribution in [1.29, 1.82) is 0 Å². The number of aromatic amines is 1. The highest BCUT2D eigenvalue weighted by atomic mass is 35.5. The predicted octanol–water partition coefficient (Wildman–Crippen LogP) is 3.23. The van der Waals surface area contributed by atoms with Crippen molar-refractivity contribution >= 4 is 50.0 Å². The molecule has 1 aromatic heterocycles. The zero-order valence-electron chi connectivity index (χ0n) is 10.8. The molecule has 114 valence electrons. The Morgan fingerprint density at radius 1 is 1.14 bits per heavy atom. The molecule has 0 aliphatic carbocycles. The first-order valence-electron chi connectivity index (χ1n) is 5.96. The van der Waals surface area contributed by atoms with Crippen LogP contribution in [-0.2, 0) is 10.0 Å². The maximum Gasteiger partial charge on any atom is 0.417 e. The van der Waals surface area contributed by atoms with Crippen LogP contribution in [0.3, 0.4) is 0 Å². The highest BCUT2D eigenvalue weighted by Gasteiger charge is 2.17. The molecule has 2 aromatic carbocycles. The molecule has 0 bridgehead atoms. The molecule has 9 heteroatoms. The molecular weight excluding hydrogens is 351 g/mol. The SMILES string of the molecule is O=c1[nH]c2cc(NS(=O)(=O)c3cccc(Cl)c3)c(Cl)cc2o1. The van der Waals surface area contributed by atoms with E-state index in [1.54, 1.807) is 6.07 Å². The lowest BCUT2D eigenvalue weighted by Crippen LogP contribution is -2.13. The van der Waals surface area contributed by atoms with E-state index < -0.39 is 15.8 Å². The number of fused-ring (bicyclic) bond motifs is 1. The second-order valence-electron chi connectivity index (χ2n) is 4.41. The van der Waals surface area contributed by atoms with E-state index in [9.17, 15) is 13.2 Å². The van der Waals surface area contributed by atoms with E-state index in [1.165, 1.54) is 30.3 Å². The van der Waals surface area contributed by atoms with Crippen molar-refractivity contribution in [3.63, 3.8) is 0 Å². The molecule has 0 radical (unpaired) electrons. The van der Waals surface area contributed by atoms with E-state index in [-0.39, 0.29) is 21.2 Å². The van der Waals surface area contributed by atoms with Crippen LogP contribution in [0.2, 0.25) is 10.0 Å². The van der Waals surface area contributed by atoms with Gasteiger partial charge in [0.15, 0.2) is 5.58 Å². The molecule has 6 nitrogen and oxygen atoms in total. The molecule has 0 amide bonds. The Morgan fingerprint density at radius 2 is 1.91 bits per heavy atom. The fraction of sp³-hybridized carbons (Fsp3) is 0. The monoisotopic (exact) mass is 358 g/mol. The third kappa shape index (κ3) is 2.83. The molecular formula is C13H8Cl2N2O4S. The Bertz CT molecular complexity index is 1020. The highest BCUT2D eigenvalue weighted by molar-refractivity contribution is 7.92. The molecule has 3 rings (SSSR count). The number of nitrogens with one attached hydrogen (secondary N) is 2. The van der Waals surface area contributed by atoms with Crippen LogP contribution >= 0.6 is 23.2 Å². The summed E-state index contributed by atoms with van der Waals surface area (Å²) in [6, 6.07) is 8.54. The van der Waals surface area contributed by atoms with Crippen LogP contribution in [0.15, 0.2) is 50.5 Å². The fourth-order valence-corrected chi connectivity index (χ4v) is 3.52. The maximum absolute atomic E-state index is 12.3. The van der Waals surface area contributed by atoms with Gasteiger partial charge in [-0.2, -0.15) is 0 Å². The number of rotatable bonds is 3. The van der Waals surface area contributed by atoms with Crippen LogP contribution in [0.5, 0.6) is 0 Å². The zero-order valence-corrected chi connectivity index (χ0v) is 13.1. The average Bonchev–Trinajstić information content (AvgIpc) is 2.78. The van der Waals surface area contributed by atoms with Gasteiger partial charge in [-0.1, -0.05) is 29.3 Å². The molecule has 1 heterocycles. The summed E-state index contributed by atoms with van der Waals surface area (Å²) < 4.78 is 31.8. The van der Waals surface area contributed by atoms with Crippen molar-refractivity contribution < 1.29 is 12.8 Å². The first-order valence-corrected chi connectivity index (χ1v) is 8.20. The van der Waals surface area contributed by atoms with Crippen molar-refractivity contribution in [2.75, 3.05) is 4.72 Å². The van der Waals surface area contributed by atoms with Crippen LogP contribution in [0.4, 0.5) is 5.69 Å². The normalized spacial score (nSPS) is 11.7. The summed E-state index contributed by atoms with van der Waals surface area (Å²) in [4.78, 5) is 13.6. The van der Waals surface area contributed by atoms with Crippen molar-refractivity contribution in [3.05, 3.63) is 57.0 Å². The molecule has 2 N–H and O–H groups in total. The molecule has 0 saturated carbocycles. The van der Waals surface area contributed by atoms with Gasteiger partial charge in [0, 0.05) is 11.1 Å². The number of hydrogen-bond acceptors (Lipinski definition) is 4. The molecule has 0 atom stereocenters. The molecule has 0 fully saturated rings. The second kappa shape index (κ2) is 5.35. The Kier molecular flexibility index (Phi) is 3.64. The highest BCUT2D eigenvalue weighted by Crippen LogP contribution is 2.29. The Balaban J connectivity index is 2.05. The van der Waals surface area contributed by atoms with Gasteiger partial charge < -0.3 is 4.42 Å². The minimum atomic E-state index is -3.86. The van der Waals surface area contributed by atoms with Gasteiger partial charge in [-0.3, -0.25) is 9.71 Å². The number of oxazole rings is 1. The third-order valence-electron chi connectivity index (χ3n) is 2.86. The molecule has 0 aliphatic heterocycles. The summed E-state index contributed by atoms with van der Waals surface area (Å²) in [6.07, 6.45) is 0. The van der Waals surface area contributed by atoms with Crippen LogP contribution in [-0.4, -0.2) is 13.4 Å². The molecule has 22 heavy (non-hydrogen) atoms. The van der Waals surface area contributed by atoms with Gasteiger partial charge in [0.05, 0.1) is 21.1 Å². The van der Waals surface area contributed by atoms with Crippen molar-refractivity contribution in [3.8, 4) is 0 Å². The number of anilines is 1.